The number of hydrogen-bond donors (Lipinski definition) is 0. The molecule has 0 N–H and O–H groups in total. The predicted molar refractivity (Wildman–Crippen MR) is 105 cm³/mol. The van der Waals surface area contributed by atoms with Gasteiger partial charge in [0.05, 0.1) is 21.6 Å². The van der Waals surface area contributed by atoms with E-state index in [1.807, 2.05) is 31.2 Å². The molecular weight excluding hydrogens is 366 g/mol. The third-order valence-corrected chi connectivity index (χ3v) is 8.30. The van der Waals surface area contributed by atoms with Gasteiger partial charge in [-0.05, 0) is 36.6 Å². The molecule has 1 saturated heterocycles. The van der Waals surface area contributed by atoms with Crippen LogP contribution in [0.3, 0.4) is 0 Å². The van der Waals surface area contributed by atoms with E-state index in [1.54, 1.807) is 30.5 Å². The number of nitrogens with zero attached hydrogens (tertiary/aromatic N) is 1. The van der Waals surface area contributed by atoms with Gasteiger partial charge in [0.25, 0.3) is 0 Å². The van der Waals surface area contributed by atoms with E-state index < -0.39 is 20.0 Å². The highest BCUT2D eigenvalue weighted by Crippen LogP contribution is 2.52. The monoisotopic (exact) mass is 391 g/mol. The molecule has 0 spiro atoms. The van der Waals surface area contributed by atoms with Crippen LogP contribution in [0, 0.1) is 5.41 Å². The van der Waals surface area contributed by atoms with Crippen molar-refractivity contribution < 1.29 is 13.2 Å². The molecule has 1 aliphatic rings. The fraction of sp³-hybridized carbons (Fsp3) is 0.450. The van der Waals surface area contributed by atoms with Crippen LogP contribution in [0.25, 0.3) is 0 Å². The van der Waals surface area contributed by atoms with Gasteiger partial charge >= 0.3 is 0 Å². The third-order valence-electron chi connectivity index (χ3n) is 4.55. The van der Waals surface area contributed by atoms with Crippen LogP contribution in [0.2, 0.25) is 0 Å². The normalized spacial score (nSPS) is 24.2. The number of thioether (sulfide) groups is 1. The Kier molecular flexibility index (Phi) is 5.21. The molecule has 1 aromatic heterocycles. The largest absolute Gasteiger partial charge is 0.366 e. The first-order chi connectivity index (χ1) is 12.1. The van der Waals surface area contributed by atoms with Crippen molar-refractivity contribution in [3.63, 3.8) is 0 Å². The van der Waals surface area contributed by atoms with Crippen molar-refractivity contribution in [1.82, 2.24) is 4.98 Å². The Morgan fingerprint density at radius 3 is 2.35 bits per heavy atom. The van der Waals surface area contributed by atoms with E-state index in [2.05, 4.69) is 25.8 Å². The maximum Gasteiger partial charge on any atom is 0.191 e. The van der Waals surface area contributed by atoms with Gasteiger partial charge in [-0.15, -0.1) is 0 Å². The van der Waals surface area contributed by atoms with Crippen LogP contribution in [0.1, 0.15) is 34.1 Å². The van der Waals surface area contributed by atoms with Crippen LogP contribution in [-0.4, -0.2) is 29.7 Å². The van der Waals surface area contributed by atoms with E-state index in [0.717, 1.165) is 0 Å². The molecule has 0 amide bonds. The zero-order chi connectivity index (χ0) is 19.0. The van der Waals surface area contributed by atoms with E-state index in [9.17, 15) is 8.42 Å². The molecule has 0 bridgehead atoms. The Morgan fingerprint density at radius 2 is 1.81 bits per heavy atom. The van der Waals surface area contributed by atoms with Crippen molar-refractivity contribution in [1.29, 1.82) is 0 Å². The number of hydrogen-bond acceptors (Lipinski definition) is 5. The Labute approximate surface area is 160 Å². The van der Waals surface area contributed by atoms with E-state index in [0.29, 0.717) is 16.3 Å². The van der Waals surface area contributed by atoms with Gasteiger partial charge in [0, 0.05) is 12.6 Å². The number of pyridine rings is 1. The summed E-state index contributed by atoms with van der Waals surface area (Å²) in [7, 11) is -3.52. The maximum absolute atomic E-state index is 13.3. The average molecular weight is 392 g/mol. The standard InChI is InChI=1S/C20H25NO3S2/c1-19(2,3)18-20(4,24-18)14-17(25-16-12-8-9-13-21-16)26(22,23)15-10-6-5-7-11-15/h5-13,17-18H,14H2,1-4H3/t17?,18-,20?/m1/s1. The van der Waals surface area contributed by atoms with Gasteiger partial charge in [0.1, 0.15) is 4.58 Å². The van der Waals surface area contributed by atoms with Crippen LogP contribution < -0.4 is 0 Å². The summed E-state index contributed by atoms with van der Waals surface area (Å²) in [4.78, 5) is 4.64. The molecule has 3 rings (SSSR count). The lowest BCUT2D eigenvalue weighted by Crippen LogP contribution is -2.29. The number of ether oxygens (including phenoxy) is 1. The van der Waals surface area contributed by atoms with E-state index in [-0.39, 0.29) is 11.5 Å². The molecule has 2 aromatic rings. The van der Waals surface area contributed by atoms with E-state index in [4.69, 9.17) is 4.74 Å². The van der Waals surface area contributed by atoms with Crippen LogP contribution in [0.15, 0.2) is 64.6 Å². The summed E-state index contributed by atoms with van der Waals surface area (Å²) in [5.74, 6) is 0. The molecule has 6 heteroatoms. The molecule has 1 fully saturated rings. The molecule has 4 nitrogen and oxygen atoms in total. The summed E-state index contributed by atoms with van der Waals surface area (Å²) in [5, 5.41) is 0.702. The van der Waals surface area contributed by atoms with E-state index in [1.165, 1.54) is 11.8 Å². The Balaban J connectivity index is 1.91. The fourth-order valence-corrected chi connectivity index (χ4v) is 6.83. The second-order valence-corrected chi connectivity index (χ2v) is 11.6. The van der Waals surface area contributed by atoms with Gasteiger partial charge in [-0.3, -0.25) is 0 Å². The Morgan fingerprint density at radius 1 is 1.15 bits per heavy atom. The van der Waals surface area contributed by atoms with Gasteiger partial charge < -0.3 is 4.74 Å². The average Bonchev–Trinajstić information content (AvgIpc) is 3.28. The molecule has 1 aromatic carbocycles. The summed E-state index contributed by atoms with van der Waals surface area (Å²) < 4.78 is 31.9. The highest BCUT2D eigenvalue weighted by molar-refractivity contribution is 8.13. The maximum atomic E-state index is 13.3. The van der Waals surface area contributed by atoms with Gasteiger partial charge in [-0.2, -0.15) is 0 Å². The topological polar surface area (TPSA) is 59.6 Å². The molecule has 26 heavy (non-hydrogen) atoms. The predicted octanol–water partition coefficient (Wildman–Crippen LogP) is 4.57. The Bertz CT molecular complexity index is 848. The van der Waals surface area contributed by atoms with Gasteiger partial charge in [-0.25, -0.2) is 13.4 Å². The SMILES string of the molecule is CC(C)(C)[C@H]1OC1(C)CC(Sc1ccccn1)S(=O)(=O)c1ccccc1. The second kappa shape index (κ2) is 6.98. The summed E-state index contributed by atoms with van der Waals surface area (Å²) in [6, 6.07) is 14.2. The lowest BCUT2D eigenvalue weighted by Gasteiger charge is -2.22. The summed E-state index contributed by atoms with van der Waals surface area (Å²) in [5.41, 5.74) is -0.460. The van der Waals surface area contributed by atoms with Crippen molar-refractivity contribution >= 4 is 21.6 Å². The first kappa shape index (κ1) is 19.4. The highest BCUT2D eigenvalue weighted by atomic mass is 32.3. The highest BCUT2D eigenvalue weighted by Gasteiger charge is 2.59. The van der Waals surface area contributed by atoms with Gasteiger partial charge in [0.2, 0.25) is 0 Å². The molecule has 2 heterocycles. The molecule has 0 saturated carbocycles. The quantitative estimate of drug-likeness (QED) is 0.533. The second-order valence-electron chi connectivity index (χ2n) is 7.95. The van der Waals surface area contributed by atoms with Crippen LogP contribution in [0.5, 0.6) is 0 Å². The van der Waals surface area contributed by atoms with Crippen molar-refractivity contribution in [2.24, 2.45) is 5.41 Å². The zero-order valence-electron chi connectivity index (χ0n) is 15.5. The number of rotatable bonds is 6. The smallest absolute Gasteiger partial charge is 0.191 e. The minimum Gasteiger partial charge on any atom is -0.366 e. The van der Waals surface area contributed by atoms with Crippen LogP contribution in [0.4, 0.5) is 0 Å². The van der Waals surface area contributed by atoms with Gasteiger partial charge in [-0.1, -0.05) is 56.8 Å². The number of benzene rings is 1. The van der Waals surface area contributed by atoms with Crippen molar-refractivity contribution in [3.8, 4) is 0 Å². The molecule has 140 valence electrons. The fourth-order valence-electron chi connectivity index (χ4n) is 3.34. The molecule has 2 unspecified atom stereocenters. The molecule has 0 radical (unpaired) electrons. The summed E-state index contributed by atoms with van der Waals surface area (Å²) in [6.45, 7) is 8.37. The number of aromatic nitrogens is 1. The number of epoxide rings is 1. The summed E-state index contributed by atoms with van der Waals surface area (Å²) >= 11 is 1.29. The van der Waals surface area contributed by atoms with Crippen LogP contribution >= 0.6 is 11.8 Å². The van der Waals surface area contributed by atoms with Crippen molar-refractivity contribution in [3.05, 3.63) is 54.7 Å². The molecule has 1 aliphatic heterocycles. The van der Waals surface area contributed by atoms with E-state index >= 15 is 0 Å². The first-order valence-electron chi connectivity index (χ1n) is 8.67. The summed E-state index contributed by atoms with van der Waals surface area (Å²) in [6.07, 6.45) is 2.16. The zero-order valence-corrected chi connectivity index (χ0v) is 17.2. The molecular formula is C20H25NO3S2. The first-order valence-corrected chi connectivity index (χ1v) is 11.1. The molecule has 0 aliphatic carbocycles. The Hall–Kier alpha value is -1.37. The minimum atomic E-state index is -3.52. The molecule has 3 atom stereocenters. The van der Waals surface area contributed by atoms with Crippen LogP contribution in [-0.2, 0) is 14.6 Å². The number of sulfone groups is 1. The van der Waals surface area contributed by atoms with Crippen molar-refractivity contribution in [2.75, 3.05) is 0 Å². The minimum absolute atomic E-state index is 0.0223. The van der Waals surface area contributed by atoms with Crippen molar-refractivity contribution in [2.45, 2.75) is 60.3 Å². The third kappa shape index (κ3) is 4.13. The van der Waals surface area contributed by atoms with Gasteiger partial charge in [0.15, 0.2) is 9.84 Å². The lowest BCUT2D eigenvalue weighted by atomic mass is 9.84. The lowest BCUT2D eigenvalue weighted by molar-refractivity contribution is 0.247.